The smallest absolute Gasteiger partial charge is 0.463 e. The highest BCUT2D eigenvalue weighted by atomic mass is 31.2. The zero-order valence-corrected chi connectivity index (χ0v) is 67.1. The summed E-state index contributed by atoms with van der Waals surface area (Å²) in [4.78, 5) is 58.7. The van der Waals surface area contributed by atoms with E-state index < -0.39 is 91.5 Å². The van der Waals surface area contributed by atoms with Crippen molar-refractivity contribution in [3.8, 4) is 0 Å². The number of aliphatic hydroxyl groups is 2. The highest BCUT2D eigenvalue weighted by molar-refractivity contribution is 7.47. The minimum atomic E-state index is -4.95. The molecule has 598 valence electrons. The van der Waals surface area contributed by atoms with Gasteiger partial charge in [-0.1, -0.05) is 300 Å². The average molecular weight is 1510 g/mol. The Balaban J connectivity index is 4.59. The van der Waals surface area contributed by atoms with Gasteiger partial charge >= 0.3 is 33.6 Å². The first-order chi connectivity index (χ1) is 51.2. The van der Waals surface area contributed by atoms with E-state index in [9.17, 15) is 43.5 Å². The Morgan fingerprint density at radius 2 is 0.505 bits per heavy atom. The van der Waals surface area contributed by atoms with Crippen LogP contribution in [0.5, 0.6) is 0 Å². The van der Waals surface area contributed by atoms with Crippen LogP contribution in [0, 0.1) is 0 Å². The van der Waals surface area contributed by atoms with Crippen molar-refractivity contribution in [1.82, 2.24) is 0 Å². The predicted molar refractivity (Wildman–Crippen MR) is 435 cm³/mol. The largest absolute Gasteiger partial charge is 0.472 e. The molecule has 0 fully saturated rings. The molecular weight excluding hydrogens is 1360 g/mol. The number of hydrogen-bond donors (Lipinski definition) is 4. The van der Waals surface area contributed by atoms with E-state index in [1.54, 1.807) is 0 Å². The molecule has 0 rings (SSSR count). The van der Waals surface area contributed by atoms with Crippen molar-refractivity contribution in [2.45, 2.75) is 322 Å². The third kappa shape index (κ3) is 79.8. The molecule has 0 saturated carbocycles. The van der Waals surface area contributed by atoms with Crippen LogP contribution in [0.15, 0.2) is 170 Å². The molecule has 0 aromatic heterocycles. The number of aliphatic hydroxyl groups excluding tert-OH is 2. The number of allylic oxidation sites excluding steroid dienone is 28. The van der Waals surface area contributed by atoms with Crippen molar-refractivity contribution in [2.24, 2.45) is 0 Å². The summed E-state index contributed by atoms with van der Waals surface area (Å²) in [5, 5.41) is 20.7. The van der Waals surface area contributed by atoms with E-state index in [0.717, 1.165) is 173 Å². The molecule has 0 aliphatic rings. The third-order valence-corrected chi connectivity index (χ3v) is 18.3. The van der Waals surface area contributed by atoms with E-state index in [4.69, 9.17) is 32.3 Å². The van der Waals surface area contributed by atoms with Gasteiger partial charge in [0.15, 0.2) is 6.10 Å². The molecule has 0 aliphatic carbocycles. The van der Waals surface area contributed by atoms with E-state index in [-0.39, 0.29) is 19.3 Å². The van der Waals surface area contributed by atoms with Gasteiger partial charge < -0.3 is 34.2 Å². The number of ether oxygens (including phenoxy) is 3. The van der Waals surface area contributed by atoms with Crippen LogP contribution in [0.1, 0.15) is 303 Å². The van der Waals surface area contributed by atoms with Gasteiger partial charge in [-0.15, -0.1) is 0 Å². The highest BCUT2D eigenvalue weighted by Crippen LogP contribution is 2.45. The molecule has 4 N–H and O–H groups in total. The summed E-state index contributed by atoms with van der Waals surface area (Å²) in [6.07, 6.45) is 99.7. The summed E-state index contributed by atoms with van der Waals surface area (Å²) >= 11 is 0. The minimum absolute atomic E-state index is 0.0772. The molecule has 0 aromatic rings. The van der Waals surface area contributed by atoms with E-state index in [2.05, 4.69) is 191 Å². The van der Waals surface area contributed by atoms with Crippen molar-refractivity contribution >= 4 is 33.6 Å². The highest BCUT2D eigenvalue weighted by Gasteiger charge is 2.29. The lowest BCUT2D eigenvalue weighted by Gasteiger charge is -2.21. The lowest BCUT2D eigenvalue weighted by atomic mass is 10.0. The van der Waals surface area contributed by atoms with Crippen LogP contribution in [-0.2, 0) is 55.8 Å². The Kier molecular flexibility index (Phi) is 74.7. The zero-order chi connectivity index (χ0) is 76.6. The van der Waals surface area contributed by atoms with Crippen LogP contribution in [0.25, 0.3) is 0 Å². The topological polar surface area (TPSA) is 231 Å². The van der Waals surface area contributed by atoms with E-state index in [1.165, 1.54) is 70.6 Å². The summed E-state index contributed by atoms with van der Waals surface area (Å²) in [6.45, 7) is 2.37. The van der Waals surface area contributed by atoms with Gasteiger partial charge in [-0.3, -0.25) is 32.5 Å². The lowest BCUT2D eigenvalue weighted by Crippen LogP contribution is -2.30. The number of rotatable bonds is 75. The summed E-state index contributed by atoms with van der Waals surface area (Å²) in [5.41, 5.74) is 0. The fraction of sp³-hybridized carbons (Fsp3) is 0.644. The Morgan fingerprint density at radius 3 is 0.810 bits per heavy atom. The molecule has 18 heteroatoms. The molecule has 0 aliphatic heterocycles. The van der Waals surface area contributed by atoms with E-state index in [0.29, 0.717) is 19.3 Å². The summed E-state index contributed by atoms with van der Waals surface area (Å²) < 4.78 is 61.2. The van der Waals surface area contributed by atoms with Crippen LogP contribution in [-0.4, -0.2) is 95.9 Å². The molecule has 16 nitrogen and oxygen atoms in total. The zero-order valence-electron chi connectivity index (χ0n) is 65.3. The Bertz CT molecular complexity index is 2590. The van der Waals surface area contributed by atoms with Gasteiger partial charge in [0, 0.05) is 19.3 Å². The van der Waals surface area contributed by atoms with Crippen LogP contribution < -0.4 is 0 Å². The van der Waals surface area contributed by atoms with Crippen LogP contribution in [0.3, 0.4) is 0 Å². The van der Waals surface area contributed by atoms with Crippen molar-refractivity contribution < 1.29 is 75.8 Å². The van der Waals surface area contributed by atoms with Gasteiger partial charge in [0.2, 0.25) is 0 Å². The molecule has 0 heterocycles. The summed E-state index contributed by atoms with van der Waals surface area (Å²) in [5.74, 6) is -1.63. The lowest BCUT2D eigenvalue weighted by molar-refractivity contribution is -0.161. The first kappa shape index (κ1) is 99.9. The molecule has 0 spiro atoms. The Hall–Kier alpha value is -5.09. The van der Waals surface area contributed by atoms with Gasteiger partial charge in [-0.25, -0.2) is 9.13 Å². The second-order valence-electron chi connectivity index (χ2n) is 26.5. The van der Waals surface area contributed by atoms with Gasteiger partial charge in [0.05, 0.1) is 26.4 Å². The molecule has 5 atom stereocenters. The van der Waals surface area contributed by atoms with Crippen LogP contribution in [0.4, 0.5) is 0 Å². The molecule has 105 heavy (non-hydrogen) atoms. The Morgan fingerprint density at radius 1 is 0.276 bits per heavy atom. The molecule has 5 unspecified atom stereocenters. The van der Waals surface area contributed by atoms with Crippen molar-refractivity contribution in [2.75, 3.05) is 39.6 Å². The molecule has 0 amide bonds. The Labute approximate surface area is 637 Å². The SMILES string of the molecule is CC/C=C\C/C=C\C/C=C\C/C=C\C/C=C\C/C=C\CCCCCCCCCCCCCCC(=O)OCC(O)COP(=O)(O)OCC(O)COP(=O)(O)OCC(COC(=O)CCCCC/C=C\C/C=C\C/C=C\C/C=C\C/C=C\CC)OC(=O)CCCCCCCC/C=C\C/C=C\C/C=C\CCCCC. The number of esters is 3. The van der Waals surface area contributed by atoms with Gasteiger partial charge in [0.25, 0.3) is 0 Å². The number of carbonyl (C=O) groups excluding carboxylic acids is 3. The predicted octanol–water partition coefficient (Wildman–Crippen LogP) is 24.0. The molecule has 0 radical (unpaired) electrons. The number of hydrogen-bond acceptors (Lipinski definition) is 14. The quantitative estimate of drug-likeness (QED) is 0.0146. The maximum absolute atomic E-state index is 13.0. The fourth-order valence-electron chi connectivity index (χ4n) is 10.3. The monoisotopic (exact) mass is 1510 g/mol. The van der Waals surface area contributed by atoms with E-state index in [1.807, 2.05) is 0 Å². The third-order valence-electron chi connectivity index (χ3n) is 16.4. The molecule has 0 aromatic carbocycles. The average Bonchev–Trinajstić information content (AvgIpc) is 0.915. The maximum Gasteiger partial charge on any atom is 0.472 e. The molecule has 0 bridgehead atoms. The minimum Gasteiger partial charge on any atom is -0.463 e. The molecular formula is C87H144O16P2. The number of carbonyl (C=O) groups is 3. The van der Waals surface area contributed by atoms with Crippen LogP contribution in [0.2, 0.25) is 0 Å². The normalized spacial score (nSPS) is 14.8. The summed E-state index contributed by atoms with van der Waals surface area (Å²) in [7, 11) is -9.82. The first-order valence-corrected chi connectivity index (χ1v) is 43.4. The number of phosphoric acid groups is 2. The second kappa shape index (κ2) is 78.5. The van der Waals surface area contributed by atoms with E-state index >= 15 is 0 Å². The van der Waals surface area contributed by atoms with Crippen molar-refractivity contribution in [3.63, 3.8) is 0 Å². The van der Waals surface area contributed by atoms with Crippen molar-refractivity contribution in [3.05, 3.63) is 170 Å². The van der Waals surface area contributed by atoms with Crippen molar-refractivity contribution in [1.29, 1.82) is 0 Å². The maximum atomic E-state index is 13.0. The van der Waals surface area contributed by atoms with Gasteiger partial charge in [-0.2, -0.15) is 0 Å². The van der Waals surface area contributed by atoms with Crippen LogP contribution >= 0.6 is 15.6 Å². The molecule has 0 saturated heterocycles. The number of unbranched alkanes of at least 4 members (excludes halogenated alkanes) is 24. The number of phosphoric ester groups is 2. The standard InChI is InChI=1S/C87H144O16P2/c1-4-7-10-13-16-19-22-25-28-31-34-35-36-37-38-39-40-41-42-43-44-45-48-50-52-55-58-61-64-67-70-73-85(90)97-76-82(88)77-99-104(93,94)100-78-83(89)79-101-105(95,96)102-81-84(103-87(92)75-72-69-66-63-60-57-54-51-47-33-30-27-24-21-18-15-12-9-6-3)80-98-86(91)74-71-68-65-62-59-56-53-49-46-32-29-26-23-20-17-14-11-8-5-2/h7-8,10-11,16-21,25-30,34-35,37-38,40-41,46-47,49,51,56,59,82-84,88-89H,4-6,9,12-15,22-24,31-33,36,39,42-45,48,50,52-55,57-58,60-81H2,1-3H3,(H,93,94)(H,95,96)/b10-7-,11-8-,19-16-,20-17-,21-18-,28-25-,29-26-,30-27-,35-34-,38-37-,41-40-,49-46-,51-47-,59-56-. The second-order valence-corrected chi connectivity index (χ2v) is 29.4. The summed E-state index contributed by atoms with van der Waals surface area (Å²) in [6, 6.07) is 0. The van der Waals surface area contributed by atoms with Gasteiger partial charge in [-0.05, 0) is 154 Å². The first-order valence-electron chi connectivity index (χ1n) is 40.4. The van der Waals surface area contributed by atoms with Gasteiger partial charge in [0.1, 0.15) is 25.4 Å². The fourth-order valence-corrected chi connectivity index (χ4v) is 11.9.